The maximum atomic E-state index is 3.57. The summed E-state index contributed by atoms with van der Waals surface area (Å²) in [5.74, 6) is 1.54. The van der Waals surface area contributed by atoms with E-state index < -0.39 is 0 Å². The van der Waals surface area contributed by atoms with Crippen LogP contribution in [0, 0.1) is 5.92 Å². The molecule has 1 aromatic rings. The molecule has 0 saturated heterocycles. The SMILES string of the molecule is CC(C)C(C)Bc1cccc2c1CCCCN2. The summed E-state index contributed by atoms with van der Waals surface area (Å²) in [6.45, 7) is 8.15. The van der Waals surface area contributed by atoms with E-state index in [9.17, 15) is 0 Å². The highest BCUT2D eigenvalue weighted by molar-refractivity contribution is 6.55. The Morgan fingerprint density at radius 2 is 2.00 bits per heavy atom. The Hall–Kier alpha value is -0.915. The Labute approximate surface area is 106 Å². The molecule has 92 valence electrons. The molecule has 0 fully saturated rings. The highest BCUT2D eigenvalue weighted by atomic mass is 14.9. The summed E-state index contributed by atoms with van der Waals surface area (Å²) < 4.78 is 0. The van der Waals surface area contributed by atoms with Crippen molar-refractivity contribution >= 4 is 18.4 Å². The predicted octanol–water partition coefficient (Wildman–Crippen LogP) is 2.96. The summed E-state index contributed by atoms with van der Waals surface area (Å²) >= 11 is 0. The van der Waals surface area contributed by atoms with Crippen LogP contribution in [-0.2, 0) is 6.42 Å². The van der Waals surface area contributed by atoms with Crippen LogP contribution in [0.15, 0.2) is 18.2 Å². The average Bonchev–Trinajstić information content (AvgIpc) is 2.54. The molecule has 1 unspecified atom stereocenters. The number of fused-ring (bicyclic) bond motifs is 1. The van der Waals surface area contributed by atoms with Crippen molar-refractivity contribution in [3.05, 3.63) is 23.8 Å². The Kier molecular flexibility index (Phi) is 4.14. The van der Waals surface area contributed by atoms with Gasteiger partial charge in [0.1, 0.15) is 0 Å². The van der Waals surface area contributed by atoms with Gasteiger partial charge >= 0.3 is 0 Å². The first-order valence-electron chi connectivity index (χ1n) is 7.03. The van der Waals surface area contributed by atoms with Gasteiger partial charge in [0.15, 0.2) is 7.28 Å². The topological polar surface area (TPSA) is 12.0 Å². The third-order valence-electron chi connectivity index (χ3n) is 4.12. The van der Waals surface area contributed by atoms with Crippen LogP contribution >= 0.6 is 0 Å². The van der Waals surface area contributed by atoms with Crippen LogP contribution in [-0.4, -0.2) is 13.8 Å². The third kappa shape index (κ3) is 3.05. The van der Waals surface area contributed by atoms with Gasteiger partial charge in [-0.3, -0.25) is 0 Å². The first-order chi connectivity index (χ1) is 8.18. The van der Waals surface area contributed by atoms with Crippen LogP contribution in [0.5, 0.6) is 0 Å². The number of benzene rings is 1. The van der Waals surface area contributed by atoms with Gasteiger partial charge in [-0.2, -0.15) is 0 Å². The van der Waals surface area contributed by atoms with Gasteiger partial charge in [-0.25, -0.2) is 0 Å². The van der Waals surface area contributed by atoms with Gasteiger partial charge in [-0.1, -0.05) is 50.1 Å². The second-order valence-corrected chi connectivity index (χ2v) is 5.75. The molecule has 1 nitrogen and oxygen atoms in total. The second kappa shape index (κ2) is 5.62. The molecule has 0 radical (unpaired) electrons. The highest BCUT2D eigenvalue weighted by Crippen LogP contribution is 2.21. The van der Waals surface area contributed by atoms with Crippen molar-refractivity contribution in [1.29, 1.82) is 0 Å². The summed E-state index contributed by atoms with van der Waals surface area (Å²) in [4.78, 5) is 0. The summed E-state index contributed by atoms with van der Waals surface area (Å²) in [5.41, 5.74) is 4.53. The van der Waals surface area contributed by atoms with Crippen LogP contribution in [0.25, 0.3) is 0 Å². The molecule has 1 atom stereocenters. The van der Waals surface area contributed by atoms with Crippen LogP contribution in [0.1, 0.15) is 39.2 Å². The summed E-state index contributed by atoms with van der Waals surface area (Å²) in [5, 5.41) is 3.57. The van der Waals surface area contributed by atoms with Crippen molar-refractivity contribution in [2.45, 2.75) is 45.9 Å². The number of nitrogens with one attached hydrogen (secondary N) is 1. The zero-order valence-electron chi connectivity index (χ0n) is 11.4. The van der Waals surface area contributed by atoms with Crippen molar-refractivity contribution in [2.24, 2.45) is 5.92 Å². The second-order valence-electron chi connectivity index (χ2n) is 5.75. The van der Waals surface area contributed by atoms with Crippen molar-refractivity contribution in [1.82, 2.24) is 0 Å². The quantitative estimate of drug-likeness (QED) is 0.786. The minimum absolute atomic E-state index is 0.768. The highest BCUT2D eigenvalue weighted by Gasteiger charge is 2.16. The summed E-state index contributed by atoms with van der Waals surface area (Å²) in [6.07, 6.45) is 3.88. The van der Waals surface area contributed by atoms with E-state index in [1.165, 1.54) is 32.2 Å². The van der Waals surface area contributed by atoms with Gasteiger partial charge in [0.2, 0.25) is 0 Å². The van der Waals surface area contributed by atoms with E-state index in [0.717, 1.165) is 18.3 Å². The lowest BCUT2D eigenvalue weighted by atomic mass is 9.55. The van der Waals surface area contributed by atoms with Crippen molar-refractivity contribution in [2.75, 3.05) is 11.9 Å². The minimum Gasteiger partial charge on any atom is -0.385 e. The molecule has 1 heterocycles. The first-order valence-corrected chi connectivity index (χ1v) is 7.03. The number of rotatable bonds is 3. The lowest BCUT2D eigenvalue weighted by Crippen LogP contribution is -2.25. The van der Waals surface area contributed by atoms with E-state index in [0.29, 0.717) is 0 Å². The molecular formula is C15H24BN. The zero-order chi connectivity index (χ0) is 12.3. The zero-order valence-corrected chi connectivity index (χ0v) is 11.4. The third-order valence-corrected chi connectivity index (χ3v) is 4.12. The maximum Gasteiger partial charge on any atom is 0.161 e. The molecule has 17 heavy (non-hydrogen) atoms. The Morgan fingerprint density at radius 3 is 2.76 bits per heavy atom. The fourth-order valence-corrected chi connectivity index (χ4v) is 2.52. The Morgan fingerprint density at radius 1 is 1.18 bits per heavy atom. The van der Waals surface area contributed by atoms with Gasteiger partial charge in [0.05, 0.1) is 0 Å². The normalized spacial score (nSPS) is 16.9. The van der Waals surface area contributed by atoms with E-state index in [1.54, 1.807) is 11.0 Å². The lowest BCUT2D eigenvalue weighted by Gasteiger charge is -2.18. The molecule has 1 aromatic carbocycles. The van der Waals surface area contributed by atoms with E-state index in [-0.39, 0.29) is 0 Å². The molecule has 0 saturated carbocycles. The molecule has 2 heteroatoms. The van der Waals surface area contributed by atoms with E-state index in [1.807, 2.05) is 0 Å². The van der Waals surface area contributed by atoms with Crippen molar-refractivity contribution in [3.8, 4) is 0 Å². The standard InChI is InChI=1S/C15H24BN/c1-11(2)12(3)16-14-8-6-9-15-13(14)7-4-5-10-17-15/h6,8-9,11-12,16-17H,4-5,7,10H2,1-3H3. The van der Waals surface area contributed by atoms with Crippen LogP contribution in [0.4, 0.5) is 5.69 Å². The Bertz CT molecular complexity index is 373. The van der Waals surface area contributed by atoms with E-state index in [4.69, 9.17) is 0 Å². The number of anilines is 1. The van der Waals surface area contributed by atoms with Crippen LogP contribution in [0.2, 0.25) is 5.82 Å². The smallest absolute Gasteiger partial charge is 0.161 e. The fourth-order valence-electron chi connectivity index (χ4n) is 2.52. The van der Waals surface area contributed by atoms with Crippen LogP contribution < -0.4 is 10.8 Å². The van der Waals surface area contributed by atoms with Gasteiger partial charge in [0, 0.05) is 12.2 Å². The van der Waals surface area contributed by atoms with Crippen LogP contribution in [0.3, 0.4) is 0 Å². The van der Waals surface area contributed by atoms with Gasteiger partial charge in [-0.05, 0) is 30.9 Å². The molecule has 0 amide bonds. The van der Waals surface area contributed by atoms with Gasteiger partial charge < -0.3 is 5.32 Å². The summed E-state index contributed by atoms with van der Waals surface area (Å²) in [7, 11) is 1.22. The molecule has 2 rings (SSSR count). The molecule has 1 aliphatic rings. The molecule has 0 aromatic heterocycles. The average molecular weight is 229 g/mol. The maximum absolute atomic E-state index is 3.57. The molecule has 1 aliphatic heterocycles. The number of hydrogen-bond acceptors (Lipinski definition) is 1. The molecule has 1 N–H and O–H groups in total. The van der Waals surface area contributed by atoms with Crippen molar-refractivity contribution in [3.63, 3.8) is 0 Å². The van der Waals surface area contributed by atoms with E-state index in [2.05, 4.69) is 44.3 Å². The monoisotopic (exact) mass is 229 g/mol. The molecule has 0 bridgehead atoms. The molecule has 0 aliphatic carbocycles. The molecular weight excluding hydrogens is 205 g/mol. The molecule has 0 spiro atoms. The fraction of sp³-hybridized carbons (Fsp3) is 0.600. The van der Waals surface area contributed by atoms with Crippen molar-refractivity contribution < 1.29 is 0 Å². The lowest BCUT2D eigenvalue weighted by molar-refractivity contribution is 0.621. The first kappa shape index (κ1) is 12.5. The minimum atomic E-state index is 0.768. The predicted molar refractivity (Wildman–Crippen MR) is 78.9 cm³/mol. The van der Waals surface area contributed by atoms with Gasteiger partial charge in [-0.15, -0.1) is 0 Å². The van der Waals surface area contributed by atoms with E-state index >= 15 is 0 Å². The largest absolute Gasteiger partial charge is 0.385 e. The van der Waals surface area contributed by atoms with Gasteiger partial charge in [0.25, 0.3) is 0 Å². The number of hydrogen-bond donors (Lipinski definition) is 1. The Balaban J connectivity index is 2.22. The summed E-state index contributed by atoms with van der Waals surface area (Å²) in [6, 6.07) is 6.77.